The molecule has 0 spiro atoms. The van der Waals surface area contributed by atoms with Crippen LogP contribution in [0, 0.1) is 27.7 Å². The lowest BCUT2D eigenvalue weighted by Crippen LogP contribution is -1.98. The molecule has 0 aliphatic heterocycles. The number of hydrogen-bond donors (Lipinski definition) is 0. The Morgan fingerprint density at radius 3 is 2.07 bits per heavy atom. The molecule has 1 aromatic rings. The molecule has 0 saturated carbocycles. The normalized spacial score (nSPS) is 9.93. The first-order valence-electron chi connectivity index (χ1n) is 5.21. The fourth-order valence-corrected chi connectivity index (χ4v) is 2.13. The van der Waals surface area contributed by atoms with Gasteiger partial charge in [-0.05, 0) is 61.9 Å². The molecule has 0 unspecified atom stereocenters. The van der Waals surface area contributed by atoms with Crippen LogP contribution in [0.1, 0.15) is 34.7 Å². The highest BCUT2D eigenvalue weighted by Gasteiger charge is 2.12. The Hall–Kier alpha value is -1.40. The quantitative estimate of drug-likeness (QED) is 0.534. The van der Waals surface area contributed by atoms with Crippen molar-refractivity contribution in [1.82, 2.24) is 0 Å². The van der Waals surface area contributed by atoms with Crippen LogP contribution in [0.4, 0.5) is 5.69 Å². The highest BCUT2D eigenvalue weighted by atomic mass is 16.1. The van der Waals surface area contributed by atoms with E-state index in [1.165, 1.54) is 16.7 Å². The van der Waals surface area contributed by atoms with Gasteiger partial charge in [0.2, 0.25) is 6.08 Å². The third-order valence-corrected chi connectivity index (χ3v) is 3.25. The molecular weight excluding hydrogens is 186 g/mol. The van der Waals surface area contributed by atoms with Crippen LogP contribution in [0.25, 0.3) is 0 Å². The molecule has 0 atom stereocenters. The largest absolute Gasteiger partial charge is 0.240 e. The lowest BCUT2D eigenvalue weighted by atomic mass is 9.91. The molecular formula is C13H17NO. The summed E-state index contributed by atoms with van der Waals surface area (Å²) >= 11 is 0. The van der Waals surface area contributed by atoms with E-state index in [0.29, 0.717) is 0 Å². The van der Waals surface area contributed by atoms with Gasteiger partial charge in [0.1, 0.15) is 0 Å². The second-order valence-electron chi connectivity index (χ2n) is 3.88. The van der Waals surface area contributed by atoms with E-state index < -0.39 is 0 Å². The van der Waals surface area contributed by atoms with Crippen LogP contribution >= 0.6 is 0 Å². The maximum Gasteiger partial charge on any atom is 0.240 e. The van der Waals surface area contributed by atoms with E-state index in [4.69, 9.17) is 0 Å². The van der Waals surface area contributed by atoms with Crippen LogP contribution in [-0.2, 0) is 11.2 Å². The lowest BCUT2D eigenvalue weighted by Gasteiger charge is -2.16. The molecule has 0 bridgehead atoms. The molecule has 0 radical (unpaired) electrons. The van der Waals surface area contributed by atoms with Crippen molar-refractivity contribution in [2.75, 3.05) is 0 Å². The Morgan fingerprint density at radius 2 is 1.60 bits per heavy atom. The van der Waals surface area contributed by atoms with Gasteiger partial charge in [0.15, 0.2) is 0 Å². The molecule has 0 amide bonds. The first-order chi connectivity index (χ1) is 7.04. The monoisotopic (exact) mass is 203 g/mol. The van der Waals surface area contributed by atoms with E-state index in [9.17, 15) is 4.79 Å². The van der Waals surface area contributed by atoms with Gasteiger partial charge in [-0.15, -0.1) is 0 Å². The predicted molar refractivity (Wildman–Crippen MR) is 62.5 cm³/mol. The summed E-state index contributed by atoms with van der Waals surface area (Å²) in [6.07, 6.45) is 2.61. The van der Waals surface area contributed by atoms with Crippen LogP contribution < -0.4 is 0 Å². The Balaban J connectivity index is 3.67. The highest BCUT2D eigenvalue weighted by Crippen LogP contribution is 2.32. The van der Waals surface area contributed by atoms with Crippen LogP contribution in [-0.4, -0.2) is 6.08 Å². The molecule has 0 aliphatic carbocycles. The van der Waals surface area contributed by atoms with E-state index in [0.717, 1.165) is 23.2 Å². The van der Waals surface area contributed by atoms with Gasteiger partial charge >= 0.3 is 0 Å². The molecule has 0 fully saturated rings. The number of nitrogens with zero attached hydrogens (tertiary/aromatic N) is 1. The van der Waals surface area contributed by atoms with Gasteiger partial charge in [-0.3, -0.25) is 0 Å². The second-order valence-corrected chi connectivity index (χ2v) is 3.88. The van der Waals surface area contributed by atoms with Crippen molar-refractivity contribution in [1.29, 1.82) is 0 Å². The van der Waals surface area contributed by atoms with Gasteiger partial charge in [-0.25, -0.2) is 4.79 Å². The first kappa shape index (κ1) is 11.7. The minimum Gasteiger partial charge on any atom is -0.211 e. The smallest absolute Gasteiger partial charge is 0.211 e. The molecule has 1 aromatic carbocycles. The van der Waals surface area contributed by atoms with Gasteiger partial charge in [-0.2, -0.15) is 4.99 Å². The van der Waals surface area contributed by atoms with Gasteiger partial charge in [0, 0.05) is 0 Å². The maximum atomic E-state index is 10.4. The first-order valence-corrected chi connectivity index (χ1v) is 5.21. The van der Waals surface area contributed by atoms with Crippen molar-refractivity contribution < 1.29 is 4.79 Å². The summed E-state index contributed by atoms with van der Waals surface area (Å²) < 4.78 is 0. The Kier molecular flexibility index (Phi) is 3.43. The zero-order chi connectivity index (χ0) is 11.6. The Bertz CT molecular complexity index is 441. The number of aliphatic imine (C=N–C) groups is 1. The van der Waals surface area contributed by atoms with E-state index in [2.05, 4.69) is 25.8 Å². The third-order valence-electron chi connectivity index (χ3n) is 3.25. The summed E-state index contributed by atoms with van der Waals surface area (Å²) in [4.78, 5) is 14.2. The SMILES string of the molecule is CCc1c(C)c(C)c(C)c(N=C=O)c1C. The molecule has 0 heterocycles. The standard InChI is InChI=1S/C13H17NO/c1-6-12-9(3)8(2)10(4)13(11(12)5)14-7-15/h6H2,1-5H3. The maximum absolute atomic E-state index is 10.4. The summed E-state index contributed by atoms with van der Waals surface area (Å²) in [5.74, 6) is 0. The lowest BCUT2D eigenvalue weighted by molar-refractivity contribution is 0.565. The van der Waals surface area contributed by atoms with Gasteiger partial charge < -0.3 is 0 Å². The van der Waals surface area contributed by atoms with E-state index in [1.807, 2.05) is 13.8 Å². The van der Waals surface area contributed by atoms with Crippen LogP contribution in [0.5, 0.6) is 0 Å². The van der Waals surface area contributed by atoms with Crippen molar-refractivity contribution in [3.63, 3.8) is 0 Å². The molecule has 0 N–H and O–H groups in total. The number of hydrogen-bond acceptors (Lipinski definition) is 2. The molecule has 0 saturated heterocycles. The fraction of sp³-hybridized carbons (Fsp3) is 0.462. The van der Waals surface area contributed by atoms with Crippen molar-refractivity contribution >= 4 is 11.8 Å². The topological polar surface area (TPSA) is 29.4 Å². The molecule has 2 nitrogen and oxygen atoms in total. The number of isocyanates is 1. The molecule has 1 rings (SSSR count). The number of benzene rings is 1. The molecule has 0 aliphatic rings. The third kappa shape index (κ3) is 1.86. The van der Waals surface area contributed by atoms with Crippen LogP contribution in [0.15, 0.2) is 4.99 Å². The fourth-order valence-electron chi connectivity index (χ4n) is 2.13. The molecule has 80 valence electrons. The van der Waals surface area contributed by atoms with E-state index >= 15 is 0 Å². The highest BCUT2D eigenvalue weighted by molar-refractivity contribution is 5.64. The summed E-state index contributed by atoms with van der Waals surface area (Å²) in [5.41, 5.74) is 6.84. The van der Waals surface area contributed by atoms with Gasteiger partial charge in [0.05, 0.1) is 5.69 Å². The summed E-state index contributed by atoms with van der Waals surface area (Å²) in [6, 6.07) is 0. The summed E-state index contributed by atoms with van der Waals surface area (Å²) in [5, 5.41) is 0. The summed E-state index contributed by atoms with van der Waals surface area (Å²) in [6.45, 7) is 10.4. The average Bonchev–Trinajstić information content (AvgIpc) is 2.22. The molecule has 0 aromatic heterocycles. The zero-order valence-electron chi connectivity index (χ0n) is 10.1. The minimum absolute atomic E-state index is 0.796. The predicted octanol–water partition coefficient (Wildman–Crippen LogP) is 3.45. The summed E-state index contributed by atoms with van der Waals surface area (Å²) in [7, 11) is 0. The Labute approximate surface area is 91.0 Å². The van der Waals surface area contributed by atoms with Gasteiger partial charge in [0.25, 0.3) is 0 Å². The molecule has 2 heteroatoms. The number of rotatable bonds is 2. The van der Waals surface area contributed by atoms with E-state index in [-0.39, 0.29) is 0 Å². The van der Waals surface area contributed by atoms with Crippen molar-refractivity contribution in [3.05, 3.63) is 27.8 Å². The average molecular weight is 203 g/mol. The van der Waals surface area contributed by atoms with E-state index in [1.54, 1.807) is 6.08 Å². The Morgan fingerprint density at radius 1 is 1.00 bits per heavy atom. The van der Waals surface area contributed by atoms with Crippen LogP contribution in [0.3, 0.4) is 0 Å². The van der Waals surface area contributed by atoms with Gasteiger partial charge in [-0.1, -0.05) is 6.92 Å². The zero-order valence-corrected chi connectivity index (χ0v) is 10.1. The van der Waals surface area contributed by atoms with Crippen molar-refractivity contribution in [2.24, 2.45) is 4.99 Å². The number of carbonyl (C=O) groups excluding carboxylic acids is 1. The minimum atomic E-state index is 0.796. The van der Waals surface area contributed by atoms with Crippen LogP contribution in [0.2, 0.25) is 0 Å². The molecule has 15 heavy (non-hydrogen) atoms. The van der Waals surface area contributed by atoms with Crippen molar-refractivity contribution in [3.8, 4) is 0 Å². The second kappa shape index (κ2) is 4.41. The van der Waals surface area contributed by atoms with Crippen molar-refractivity contribution in [2.45, 2.75) is 41.0 Å².